The fraction of sp³-hybridized carbons (Fsp3) is 0.574. The highest BCUT2D eigenvalue weighted by atomic mass is 31.2. The average Bonchev–Trinajstić information content (AvgIpc) is 3.84. The van der Waals surface area contributed by atoms with Crippen molar-refractivity contribution < 1.29 is 46.9 Å². The van der Waals surface area contributed by atoms with Crippen molar-refractivity contribution in [3.63, 3.8) is 0 Å². The number of rotatable bonds is 28. The molecule has 6 atom stereocenters. The first kappa shape index (κ1) is 51.6. The Morgan fingerprint density at radius 2 is 1.53 bits per heavy atom. The van der Waals surface area contributed by atoms with Gasteiger partial charge in [-0.05, 0) is 69.7 Å². The minimum absolute atomic E-state index is 0.0896. The van der Waals surface area contributed by atoms with E-state index in [1.807, 2.05) is 0 Å². The summed E-state index contributed by atoms with van der Waals surface area (Å²) >= 11 is 0. The van der Waals surface area contributed by atoms with Crippen molar-refractivity contribution in [3.8, 4) is 11.8 Å². The number of benzene rings is 1. The fourth-order valence-corrected chi connectivity index (χ4v) is 8.40. The molecule has 0 amide bonds. The zero-order valence-corrected chi connectivity index (χ0v) is 39.1. The molecular weight excluding hydrogens is 840 g/mol. The maximum Gasteiger partial charge on any atom is 0.459 e. The molecule has 1 aliphatic heterocycles. The number of esters is 3. The van der Waals surface area contributed by atoms with Crippen LogP contribution in [0.25, 0.3) is 5.52 Å². The largest absolute Gasteiger partial charge is 0.465 e. The molecule has 1 aliphatic rings. The van der Waals surface area contributed by atoms with E-state index in [0.717, 1.165) is 51.4 Å². The first-order chi connectivity index (χ1) is 30.7. The molecule has 0 spiro atoms. The van der Waals surface area contributed by atoms with Crippen LogP contribution in [0.15, 0.2) is 73.1 Å². The van der Waals surface area contributed by atoms with Gasteiger partial charge in [0.05, 0.1) is 30.7 Å². The number of ether oxygens (including phenoxy) is 4. The number of nitrogens with one attached hydrogen (secondary N) is 1. The number of nitrogens with two attached hydrogens (primary N) is 1. The van der Waals surface area contributed by atoms with Crippen molar-refractivity contribution in [2.75, 3.05) is 18.9 Å². The van der Waals surface area contributed by atoms with Gasteiger partial charge in [-0.2, -0.15) is 15.4 Å². The lowest BCUT2D eigenvalue weighted by Crippen LogP contribution is -2.47. The molecular formula is C47H67N6O10P. The number of unbranched alkanes of at least 4 members (excludes halogenated alkanes) is 9. The van der Waals surface area contributed by atoms with Gasteiger partial charge < -0.3 is 29.2 Å². The minimum Gasteiger partial charge on any atom is -0.465 e. The van der Waals surface area contributed by atoms with Crippen LogP contribution in [0, 0.1) is 23.2 Å². The van der Waals surface area contributed by atoms with E-state index in [-0.39, 0.29) is 23.9 Å². The second-order valence-corrected chi connectivity index (χ2v) is 18.2. The quantitative estimate of drug-likeness (QED) is 0.0228. The van der Waals surface area contributed by atoms with Crippen LogP contribution in [-0.2, 0) is 48.0 Å². The summed E-state index contributed by atoms with van der Waals surface area (Å²) < 4.78 is 51.7. The molecule has 3 N–H and O–H groups in total. The SMILES string of the molecule is CCCCC/C=C\C/C=C\CCCCCCCCOC(=O)[C@H](C)N[P@@](=O)(OC[C@H]1O[C@@](C#N)(c2ccc3c(N)ncnn23)[C@H](OC(=O)C(C)C)[C@@H]1OC(=O)C(C)C)Oc1ccccc1. The number of carbonyl (C=O) groups excluding carboxylic acids is 3. The molecule has 1 saturated heterocycles. The number of hydrogen-bond donors (Lipinski definition) is 2. The van der Waals surface area contributed by atoms with Gasteiger partial charge in [0.25, 0.3) is 0 Å². The molecule has 0 aliphatic carbocycles. The maximum absolute atomic E-state index is 14.6. The molecule has 1 aromatic carbocycles. The van der Waals surface area contributed by atoms with Crippen LogP contribution in [0.5, 0.6) is 5.75 Å². The number of carbonyl (C=O) groups is 3. The van der Waals surface area contributed by atoms with Gasteiger partial charge in [0, 0.05) is 0 Å². The van der Waals surface area contributed by atoms with Crippen LogP contribution in [0.3, 0.4) is 0 Å². The van der Waals surface area contributed by atoms with Crippen LogP contribution >= 0.6 is 7.75 Å². The van der Waals surface area contributed by atoms with E-state index >= 15 is 0 Å². The number of allylic oxidation sites excluding steroid dienone is 4. The Balaban J connectivity index is 1.42. The van der Waals surface area contributed by atoms with Crippen LogP contribution in [0.4, 0.5) is 5.82 Å². The van der Waals surface area contributed by atoms with Gasteiger partial charge in [-0.25, -0.2) is 14.1 Å². The first-order valence-electron chi connectivity index (χ1n) is 22.6. The van der Waals surface area contributed by atoms with Crippen molar-refractivity contribution in [1.82, 2.24) is 19.7 Å². The summed E-state index contributed by atoms with van der Waals surface area (Å²) in [7, 11) is -4.49. The molecule has 2 aromatic heterocycles. The van der Waals surface area contributed by atoms with E-state index in [1.165, 1.54) is 43.1 Å². The predicted molar refractivity (Wildman–Crippen MR) is 243 cm³/mol. The average molecular weight is 907 g/mol. The number of anilines is 1. The van der Waals surface area contributed by atoms with Gasteiger partial charge in [0.1, 0.15) is 35.8 Å². The zero-order valence-electron chi connectivity index (χ0n) is 38.2. The van der Waals surface area contributed by atoms with Gasteiger partial charge in [-0.15, -0.1) is 0 Å². The lowest BCUT2D eigenvalue weighted by Gasteiger charge is -2.29. The molecule has 17 heteroatoms. The van der Waals surface area contributed by atoms with E-state index in [1.54, 1.807) is 64.1 Å². The highest BCUT2D eigenvalue weighted by molar-refractivity contribution is 7.52. The van der Waals surface area contributed by atoms with Crippen molar-refractivity contribution in [2.24, 2.45) is 11.8 Å². The third kappa shape index (κ3) is 15.0. The fourth-order valence-electron chi connectivity index (χ4n) is 6.89. The second kappa shape index (κ2) is 26.0. The smallest absolute Gasteiger partial charge is 0.459 e. The van der Waals surface area contributed by atoms with E-state index in [4.69, 9.17) is 33.7 Å². The predicted octanol–water partition coefficient (Wildman–Crippen LogP) is 9.10. The molecule has 0 unspecified atom stereocenters. The van der Waals surface area contributed by atoms with Crippen molar-refractivity contribution >= 4 is 37.0 Å². The maximum atomic E-state index is 14.6. The molecule has 1 fully saturated rings. The summed E-state index contributed by atoms with van der Waals surface area (Å²) in [6.07, 6.45) is 18.7. The van der Waals surface area contributed by atoms with Crippen molar-refractivity contribution in [2.45, 2.75) is 149 Å². The molecule has 0 radical (unpaired) electrons. The summed E-state index contributed by atoms with van der Waals surface area (Å²) in [6, 6.07) is 12.2. The number of hydrogen-bond acceptors (Lipinski definition) is 14. The monoisotopic (exact) mass is 906 g/mol. The summed E-state index contributed by atoms with van der Waals surface area (Å²) in [4.78, 5) is 43.7. The van der Waals surface area contributed by atoms with Crippen LogP contribution in [0.2, 0.25) is 0 Å². The topological polar surface area (TPSA) is 216 Å². The van der Waals surface area contributed by atoms with Crippen LogP contribution in [0.1, 0.15) is 124 Å². The number of fused-ring (bicyclic) bond motifs is 1. The van der Waals surface area contributed by atoms with Gasteiger partial charge in [0.2, 0.25) is 5.60 Å². The molecule has 64 heavy (non-hydrogen) atoms. The molecule has 0 bridgehead atoms. The number of aromatic nitrogens is 3. The van der Waals surface area contributed by atoms with E-state index in [2.05, 4.69) is 52.5 Å². The molecule has 3 heterocycles. The Labute approximate surface area is 377 Å². The standard InChI is InChI=1S/C47H67N6O10P/c1-7-8-9-10-11-12-13-14-15-16-17-18-19-20-21-25-30-58-46(56)36(6)52-64(57,63-37-26-23-22-24-27-37)59-31-39-41(60-44(54)34(2)3)42(61-45(55)35(4)5)47(32-48,62-39)40-29-28-38-43(49)50-33-51-53(38)40/h11-12,14-15,22-24,26-29,33-36,39,41-42H,7-10,13,16-21,25,30-31H2,1-6H3,(H,52,57)(H2,49,50,51)/b12-11-,15-14-/t36-,39+,41+,42+,47-,64+/m0/s1. The first-order valence-corrected chi connectivity index (χ1v) is 24.1. The Bertz CT molecular complexity index is 2090. The second-order valence-electron chi connectivity index (χ2n) is 16.5. The highest BCUT2D eigenvalue weighted by Gasteiger charge is 2.63. The summed E-state index contributed by atoms with van der Waals surface area (Å²) in [6.45, 7) is 9.67. The normalized spacial score (nSPS) is 20.1. The molecule has 16 nitrogen and oxygen atoms in total. The Kier molecular flexibility index (Phi) is 21.0. The summed E-state index contributed by atoms with van der Waals surface area (Å²) in [5.74, 6) is -3.11. The van der Waals surface area contributed by atoms with E-state index in [9.17, 15) is 24.2 Å². The third-order valence-electron chi connectivity index (χ3n) is 10.5. The van der Waals surface area contributed by atoms with Crippen molar-refractivity contribution in [3.05, 3.63) is 78.8 Å². The summed E-state index contributed by atoms with van der Waals surface area (Å²) in [5, 5.41) is 17.9. The Morgan fingerprint density at radius 3 is 2.19 bits per heavy atom. The van der Waals surface area contributed by atoms with E-state index in [0.29, 0.717) is 11.9 Å². The Morgan fingerprint density at radius 1 is 0.891 bits per heavy atom. The van der Waals surface area contributed by atoms with Gasteiger partial charge in [0.15, 0.2) is 18.0 Å². The van der Waals surface area contributed by atoms with Crippen LogP contribution in [-0.4, -0.2) is 70.1 Å². The zero-order chi connectivity index (χ0) is 46.5. The summed E-state index contributed by atoms with van der Waals surface area (Å²) in [5.41, 5.74) is 4.37. The third-order valence-corrected chi connectivity index (χ3v) is 12.2. The molecule has 350 valence electrons. The number of nitriles is 1. The minimum atomic E-state index is -4.49. The van der Waals surface area contributed by atoms with Gasteiger partial charge in [-0.3, -0.25) is 18.9 Å². The number of para-hydroxylation sites is 1. The molecule has 0 saturated carbocycles. The number of nitrogen functional groups attached to an aromatic ring is 1. The van der Waals surface area contributed by atoms with E-state index < -0.39 is 74.1 Å². The molecule has 3 aromatic rings. The lowest BCUT2D eigenvalue weighted by molar-refractivity contribution is -0.173. The number of nitrogens with zero attached hydrogens (tertiary/aromatic N) is 4. The Hall–Kier alpha value is -5.07. The van der Waals surface area contributed by atoms with Gasteiger partial charge in [-0.1, -0.05) is 116 Å². The van der Waals surface area contributed by atoms with Crippen LogP contribution < -0.4 is 15.3 Å². The van der Waals surface area contributed by atoms with Gasteiger partial charge >= 0.3 is 25.7 Å². The highest BCUT2D eigenvalue weighted by Crippen LogP contribution is 2.48. The lowest BCUT2D eigenvalue weighted by atomic mass is 9.92. The molecule has 4 rings (SSSR count). The van der Waals surface area contributed by atoms with Crippen molar-refractivity contribution in [1.29, 1.82) is 5.26 Å².